The van der Waals surface area contributed by atoms with E-state index in [-0.39, 0.29) is 11.9 Å². The molecule has 4 heteroatoms. The lowest BCUT2D eigenvalue weighted by molar-refractivity contribution is -0.123. The predicted molar refractivity (Wildman–Crippen MR) is 66.3 cm³/mol. The van der Waals surface area contributed by atoms with Gasteiger partial charge in [-0.1, -0.05) is 13.3 Å². The number of hydrogen-bond acceptors (Lipinski definition) is 3. The fourth-order valence-electron chi connectivity index (χ4n) is 2.36. The molecule has 2 atom stereocenters. The number of carbonyl (C=O) groups is 1. The molecule has 0 spiro atoms. The van der Waals surface area contributed by atoms with Crippen molar-refractivity contribution in [2.24, 2.45) is 5.92 Å². The fraction of sp³-hybridized carbons (Fsp3) is 0.917. The molecule has 1 rings (SSSR count). The van der Waals surface area contributed by atoms with Gasteiger partial charge in [-0.15, -0.1) is 0 Å². The van der Waals surface area contributed by atoms with Gasteiger partial charge in [0.15, 0.2) is 0 Å². The molecule has 0 bridgehead atoms. The van der Waals surface area contributed by atoms with Crippen molar-refractivity contribution in [1.29, 1.82) is 0 Å². The largest absolute Gasteiger partial charge is 0.353 e. The van der Waals surface area contributed by atoms with Crippen LogP contribution < -0.4 is 10.6 Å². The van der Waals surface area contributed by atoms with Gasteiger partial charge in [-0.3, -0.25) is 9.69 Å². The zero-order valence-electron chi connectivity index (χ0n) is 10.9. The zero-order valence-corrected chi connectivity index (χ0v) is 10.9. The molecule has 4 nitrogen and oxygen atoms in total. The minimum atomic E-state index is 0.124. The Hall–Kier alpha value is -0.610. The minimum Gasteiger partial charge on any atom is -0.353 e. The Bertz CT molecular complexity index is 230. The first-order chi connectivity index (χ1) is 7.54. The van der Waals surface area contributed by atoms with Crippen LogP contribution in [-0.4, -0.2) is 49.6 Å². The molecule has 16 heavy (non-hydrogen) atoms. The Kier molecular flexibility index (Phi) is 5.22. The number of likely N-dealkylation sites (N-methyl/N-ethyl adjacent to an activating group) is 1. The van der Waals surface area contributed by atoms with Crippen LogP contribution in [0.15, 0.2) is 0 Å². The molecule has 1 amide bonds. The van der Waals surface area contributed by atoms with Gasteiger partial charge in [0.05, 0.1) is 6.54 Å². The molecule has 0 aromatic carbocycles. The summed E-state index contributed by atoms with van der Waals surface area (Å²) >= 11 is 0. The third-order valence-electron chi connectivity index (χ3n) is 3.24. The van der Waals surface area contributed by atoms with Gasteiger partial charge >= 0.3 is 0 Å². The van der Waals surface area contributed by atoms with E-state index in [0.29, 0.717) is 18.5 Å². The smallest absolute Gasteiger partial charge is 0.234 e. The van der Waals surface area contributed by atoms with Gasteiger partial charge < -0.3 is 10.6 Å². The van der Waals surface area contributed by atoms with Gasteiger partial charge in [-0.2, -0.15) is 0 Å². The highest BCUT2D eigenvalue weighted by Crippen LogP contribution is 2.17. The number of rotatable bonds is 5. The van der Waals surface area contributed by atoms with E-state index in [1.54, 1.807) is 0 Å². The van der Waals surface area contributed by atoms with Gasteiger partial charge in [-0.05, 0) is 33.4 Å². The Morgan fingerprint density at radius 2 is 2.19 bits per heavy atom. The third kappa shape index (κ3) is 3.76. The van der Waals surface area contributed by atoms with Crippen molar-refractivity contribution in [3.05, 3.63) is 0 Å². The Balaban J connectivity index is 2.39. The summed E-state index contributed by atoms with van der Waals surface area (Å²) < 4.78 is 0. The van der Waals surface area contributed by atoms with Gasteiger partial charge in [0.2, 0.25) is 5.91 Å². The van der Waals surface area contributed by atoms with Crippen molar-refractivity contribution in [3.63, 3.8) is 0 Å². The highest BCUT2D eigenvalue weighted by molar-refractivity contribution is 5.78. The summed E-state index contributed by atoms with van der Waals surface area (Å²) in [5.41, 5.74) is 0. The second-order valence-corrected chi connectivity index (χ2v) is 5.03. The summed E-state index contributed by atoms with van der Waals surface area (Å²) in [5, 5.41) is 6.32. The molecule has 0 radical (unpaired) electrons. The number of amides is 1. The third-order valence-corrected chi connectivity index (χ3v) is 3.24. The zero-order chi connectivity index (χ0) is 12.1. The lowest BCUT2D eigenvalue weighted by Gasteiger charge is -2.28. The second-order valence-electron chi connectivity index (χ2n) is 5.03. The van der Waals surface area contributed by atoms with Gasteiger partial charge in [-0.25, -0.2) is 0 Å². The molecule has 1 aliphatic rings. The molecule has 1 heterocycles. The monoisotopic (exact) mass is 227 g/mol. The SMILES string of the molecule is CCC1CNCC1N(C)CC(=O)NC(C)C. The van der Waals surface area contributed by atoms with Gasteiger partial charge in [0, 0.05) is 18.6 Å². The fourth-order valence-corrected chi connectivity index (χ4v) is 2.36. The maximum atomic E-state index is 11.6. The Morgan fingerprint density at radius 1 is 1.50 bits per heavy atom. The van der Waals surface area contributed by atoms with Crippen LogP contribution in [0.2, 0.25) is 0 Å². The average Bonchev–Trinajstić information content (AvgIpc) is 2.63. The predicted octanol–water partition coefficient (Wildman–Crippen LogP) is 0.441. The van der Waals surface area contributed by atoms with Crippen molar-refractivity contribution in [2.75, 3.05) is 26.7 Å². The van der Waals surface area contributed by atoms with Crippen molar-refractivity contribution >= 4 is 5.91 Å². The van der Waals surface area contributed by atoms with Crippen LogP contribution in [0.1, 0.15) is 27.2 Å². The standard InChI is InChI=1S/C12H25N3O/c1-5-10-6-13-7-11(10)15(4)8-12(16)14-9(2)3/h9-11,13H,5-8H2,1-4H3,(H,14,16). The van der Waals surface area contributed by atoms with Gasteiger partial charge in [0.1, 0.15) is 0 Å². The topological polar surface area (TPSA) is 44.4 Å². The molecule has 94 valence electrons. The van der Waals surface area contributed by atoms with E-state index in [4.69, 9.17) is 0 Å². The van der Waals surface area contributed by atoms with E-state index >= 15 is 0 Å². The van der Waals surface area contributed by atoms with Crippen molar-refractivity contribution in [1.82, 2.24) is 15.5 Å². The average molecular weight is 227 g/mol. The van der Waals surface area contributed by atoms with Gasteiger partial charge in [0.25, 0.3) is 0 Å². The van der Waals surface area contributed by atoms with Crippen molar-refractivity contribution < 1.29 is 4.79 Å². The summed E-state index contributed by atoms with van der Waals surface area (Å²) in [4.78, 5) is 13.8. The van der Waals surface area contributed by atoms with Crippen LogP contribution in [0.25, 0.3) is 0 Å². The number of nitrogens with one attached hydrogen (secondary N) is 2. The molecule has 0 saturated carbocycles. The van der Waals surface area contributed by atoms with E-state index in [0.717, 1.165) is 13.1 Å². The Morgan fingerprint density at radius 3 is 2.75 bits per heavy atom. The van der Waals surface area contributed by atoms with Crippen LogP contribution in [0, 0.1) is 5.92 Å². The van der Waals surface area contributed by atoms with Crippen LogP contribution >= 0.6 is 0 Å². The maximum Gasteiger partial charge on any atom is 0.234 e. The van der Waals surface area contributed by atoms with Crippen molar-refractivity contribution in [3.8, 4) is 0 Å². The second kappa shape index (κ2) is 6.21. The van der Waals surface area contributed by atoms with Crippen LogP contribution in [-0.2, 0) is 4.79 Å². The summed E-state index contributed by atoms with van der Waals surface area (Å²) in [6.45, 7) is 8.78. The first-order valence-electron chi connectivity index (χ1n) is 6.24. The molecule has 1 aliphatic heterocycles. The minimum absolute atomic E-state index is 0.124. The highest BCUT2D eigenvalue weighted by Gasteiger charge is 2.29. The molecular formula is C12H25N3O. The quantitative estimate of drug-likeness (QED) is 0.716. The van der Waals surface area contributed by atoms with E-state index < -0.39 is 0 Å². The molecule has 0 aliphatic carbocycles. The molecular weight excluding hydrogens is 202 g/mol. The lowest BCUT2D eigenvalue weighted by atomic mass is 10.00. The number of hydrogen-bond donors (Lipinski definition) is 2. The molecule has 1 saturated heterocycles. The van der Waals surface area contributed by atoms with Crippen molar-refractivity contribution in [2.45, 2.75) is 39.3 Å². The maximum absolute atomic E-state index is 11.6. The summed E-state index contributed by atoms with van der Waals surface area (Å²) in [5.74, 6) is 0.802. The molecule has 0 aromatic heterocycles. The number of carbonyl (C=O) groups excluding carboxylic acids is 1. The first-order valence-corrected chi connectivity index (χ1v) is 6.24. The molecule has 0 aromatic rings. The first kappa shape index (κ1) is 13.5. The van der Waals surface area contributed by atoms with E-state index in [1.807, 2.05) is 20.9 Å². The van der Waals surface area contributed by atoms with E-state index in [9.17, 15) is 4.79 Å². The summed E-state index contributed by atoms with van der Waals surface area (Å²) in [6, 6.07) is 0.729. The Labute approximate surface area is 98.8 Å². The van der Waals surface area contributed by atoms with Crippen LogP contribution in [0.5, 0.6) is 0 Å². The number of nitrogens with zero attached hydrogens (tertiary/aromatic N) is 1. The molecule has 2 N–H and O–H groups in total. The normalized spacial score (nSPS) is 25.4. The highest BCUT2D eigenvalue weighted by atomic mass is 16.2. The summed E-state index contributed by atoms with van der Waals surface area (Å²) in [7, 11) is 2.04. The van der Waals surface area contributed by atoms with Crippen LogP contribution in [0.4, 0.5) is 0 Å². The molecule has 1 fully saturated rings. The van der Waals surface area contributed by atoms with E-state index in [1.165, 1.54) is 6.42 Å². The molecule has 2 unspecified atom stereocenters. The summed E-state index contributed by atoms with van der Waals surface area (Å²) in [6.07, 6.45) is 1.17. The lowest BCUT2D eigenvalue weighted by Crippen LogP contribution is -2.45. The van der Waals surface area contributed by atoms with Crippen LogP contribution in [0.3, 0.4) is 0 Å². The van der Waals surface area contributed by atoms with E-state index in [2.05, 4.69) is 22.5 Å².